The Hall–Kier alpha value is -1.43. The molecular weight excluding hydrogens is 244 g/mol. The van der Waals surface area contributed by atoms with E-state index in [0.29, 0.717) is 19.5 Å². The Morgan fingerprint density at radius 2 is 1.47 bits per heavy atom. The first kappa shape index (κ1) is 15.6. The first-order valence-electron chi connectivity index (χ1n) is 5.43. The molecule has 0 aromatic carbocycles. The molecule has 1 rings (SSSR count). The van der Waals surface area contributed by atoms with E-state index in [1.54, 1.807) is 0 Å². The number of rotatable bonds is 4. The molecule has 0 bridgehead atoms. The van der Waals surface area contributed by atoms with Gasteiger partial charge < -0.3 is 11.5 Å². The van der Waals surface area contributed by atoms with Crippen molar-refractivity contribution >= 4 is 23.9 Å². The van der Waals surface area contributed by atoms with Gasteiger partial charge in [-0.1, -0.05) is 13.8 Å². The van der Waals surface area contributed by atoms with Crippen LogP contribution in [0.4, 0.5) is 11.5 Å². The van der Waals surface area contributed by atoms with E-state index in [1.807, 2.05) is 13.8 Å². The average molecular weight is 263 g/mol. The molecule has 17 heavy (non-hydrogen) atoms. The van der Waals surface area contributed by atoms with Crippen molar-refractivity contribution in [2.75, 3.05) is 11.5 Å². The monoisotopic (exact) mass is 262 g/mol. The number of aromatic nitrogens is 2. The zero-order valence-electron chi connectivity index (χ0n) is 10.1. The van der Waals surface area contributed by atoms with E-state index < -0.39 is 5.56 Å². The smallest absolute Gasteiger partial charge is 0.332 e. The highest BCUT2D eigenvalue weighted by atomic mass is 35.5. The molecule has 0 aliphatic carbocycles. The van der Waals surface area contributed by atoms with Crippen LogP contribution in [0.3, 0.4) is 0 Å². The maximum absolute atomic E-state index is 11.9. The fourth-order valence-electron chi connectivity index (χ4n) is 1.60. The zero-order valence-corrected chi connectivity index (χ0v) is 10.9. The molecule has 98 valence electrons. The normalized spacial score (nSPS) is 10.0. The number of nitrogens with zero attached hydrogens (tertiary/aromatic N) is 2. The van der Waals surface area contributed by atoms with E-state index in [-0.39, 0.29) is 29.6 Å². The van der Waals surface area contributed by atoms with Gasteiger partial charge in [0, 0.05) is 13.1 Å². The summed E-state index contributed by atoms with van der Waals surface area (Å²) in [6.45, 7) is 4.66. The van der Waals surface area contributed by atoms with Crippen LogP contribution >= 0.6 is 12.4 Å². The van der Waals surface area contributed by atoms with E-state index in [2.05, 4.69) is 0 Å². The molecule has 6 nitrogen and oxygen atoms in total. The standard InChI is InChI=1S/C10H18N4O2.ClH/c1-3-5-13-8(12)7(11)9(15)14(6-4-2)10(13)16;/h3-6,11-12H2,1-2H3;1H. The Balaban J connectivity index is 0.00000256. The highest BCUT2D eigenvalue weighted by molar-refractivity contribution is 5.85. The second-order valence-corrected chi connectivity index (χ2v) is 3.69. The molecule has 1 aromatic heterocycles. The molecule has 0 saturated carbocycles. The molecule has 0 atom stereocenters. The molecule has 0 aliphatic rings. The third-order valence-corrected chi connectivity index (χ3v) is 2.40. The molecule has 0 saturated heterocycles. The van der Waals surface area contributed by atoms with E-state index in [4.69, 9.17) is 11.5 Å². The van der Waals surface area contributed by atoms with Crippen LogP contribution in [0.1, 0.15) is 26.7 Å². The van der Waals surface area contributed by atoms with E-state index in [0.717, 1.165) is 11.0 Å². The summed E-state index contributed by atoms with van der Waals surface area (Å²) in [6, 6.07) is 0. The van der Waals surface area contributed by atoms with Gasteiger partial charge in [-0.25, -0.2) is 4.79 Å². The second kappa shape index (κ2) is 6.34. The quantitative estimate of drug-likeness (QED) is 0.822. The fourth-order valence-corrected chi connectivity index (χ4v) is 1.60. The van der Waals surface area contributed by atoms with E-state index in [9.17, 15) is 9.59 Å². The van der Waals surface area contributed by atoms with Crippen molar-refractivity contribution in [1.82, 2.24) is 9.13 Å². The van der Waals surface area contributed by atoms with Crippen LogP contribution in [0.25, 0.3) is 0 Å². The summed E-state index contributed by atoms with van der Waals surface area (Å²) in [7, 11) is 0. The van der Waals surface area contributed by atoms with Crippen LogP contribution in [0.15, 0.2) is 9.59 Å². The summed E-state index contributed by atoms with van der Waals surface area (Å²) < 4.78 is 2.49. The Morgan fingerprint density at radius 1 is 1.00 bits per heavy atom. The lowest BCUT2D eigenvalue weighted by molar-refractivity contribution is 0.548. The molecule has 0 aliphatic heterocycles. The average Bonchev–Trinajstić information content (AvgIpc) is 2.28. The SMILES string of the molecule is CCCn1c(N)c(N)c(=O)n(CCC)c1=O.Cl. The molecule has 0 fully saturated rings. The largest absolute Gasteiger partial charge is 0.391 e. The van der Waals surface area contributed by atoms with Crippen LogP contribution in [-0.4, -0.2) is 9.13 Å². The highest BCUT2D eigenvalue weighted by Crippen LogP contribution is 2.06. The van der Waals surface area contributed by atoms with Crippen molar-refractivity contribution in [2.24, 2.45) is 0 Å². The third kappa shape index (κ3) is 2.82. The number of anilines is 2. The summed E-state index contributed by atoms with van der Waals surface area (Å²) in [4.78, 5) is 23.6. The lowest BCUT2D eigenvalue weighted by atomic mass is 10.4. The van der Waals surface area contributed by atoms with Crippen molar-refractivity contribution in [3.8, 4) is 0 Å². The van der Waals surface area contributed by atoms with Crippen LogP contribution in [0.2, 0.25) is 0 Å². The van der Waals surface area contributed by atoms with Crippen LogP contribution in [-0.2, 0) is 13.1 Å². The topological polar surface area (TPSA) is 96.0 Å². The lowest BCUT2D eigenvalue weighted by Gasteiger charge is -2.13. The van der Waals surface area contributed by atoms with Gasteiger partial charge in [0.25, 0.3) is 5.56 Å². The van der Waals surface area contributed by atoms with Crippen LogP contribution < -0.4 is 22.7 Å². The molecule has 7 heteroatoms. The van der Waals surface area contributed by atoms with Gasteiger partial charge in [-0.15, -0.1) is 12.4 Å². The Morgan fingerprint density at radius 3 is 1.94 bits per heavy atom. The number of halogens is 1. The second-order valence-electron chi connectivity index (χ2n) is 3.69. The van der Waals surface area contributed by atoms with Gasteiger partial charge in [0.2, 0.25) is 0 Å². The molecule has 0 unspecified atom stereocenters. The maximum Gasteiger partial charge on any atom is 0.332 e. The first-order chi connectivity index (χ1) is 7.54. The molecule has 1 heterocycles. The van der Waals surface area contributed by atoms with Crippen molar-refractivity contribution < 1.29 is 0 Å². The fraction of sp³-hybridized carbons (Fsp3) is 0.600. The summed E-state index contributed by atoms with van der Waals surface area (Å²) in [6.07, 6.45) is 1.46. The minimum absolute atomic E-state index is 0. The van der Waals surface area contributed by atoms with Gasteiger partial charge in [-0.3, -0.25) is 13.9 Å². The summed E-state index contributed by atoms with van der Waals surface area (Å²) in [5.74, 6) is 0.0733. The van der Waals surface area contributed by atoms with Gasteiger partial charge in [-0.05, 0) is 12.8 Å². The predicted octanol–water partition coefficient (Wildman–Crippen LogP) is 0.416. The molecule has 4 N–H and O–H groups in total. The Labute approximate surface area is 106 Å². The van der Waals surface area contributed by atoms with Gasteiger partial charge in [0.15, 0.2) is 0 Å². The third-order valence-electron chi connectivity index (χ3n) is 2.40. The molecular formula is C10H19ClN4O2. The molecule has 0 spiro atoms. The van der Waals surface area contributed by atoms with E-state index >= 15 is 0 Å². The zero-order chi connectivity index (χ0) is 12.3. The minimum Gasteiger partial charge on any atom is -0.391 e. The molecule has 0 radical (unpaired) electrons. The Bertz CT molecular complexity index is 492. The number of nitrogens with two attached hydrogens (primary N) is 2. The van der Waals surface area contributed by atoms with Gasteiger partial charge >= 0.3 is 5.69 Å². The van der Waals surface area contributed by atoms with Gasteiger partial charge in [0.1, 0.15) is 11.5 Å². The number of nitrogen functional groups attached to an aromatic ring is 2. The Kier molecular flexibility index (Phi) is 5.81. The summed E-state index contributed by atoms with van der Waals surface area (Å²) in [5, 5.41) is 0. The van der Waals surface area contributed by atoms with Crippen molar-refractivity contribution in [3.63, 3.8) is 0 Å². The highest BCUT2D eigenvalue weighted by Gasteiger charge is 2.13. The number of hydrogen-bond donors (Lipinski definition) is 2. The van der Waals surface area contributed by atoms with Crippen LogP contribution in [0, 0.1) is 0 Å². The maximum atomic E-state index is 11.9. The van der Waals surface area contributed by atoms with Gasteiger partial charge in [-0.2, -0.15) is 0 Å². The number of hydrogen-bond acceptors (Lipinski definition) is 4. The van der Waals surface area contributed by atoms with E-state index in [1.165, 1.54) is 4.57 Å². The summed E-state index contributed by atoms with van der Waals surface area (Å²) >= 11 is 0. The lowest BCUT2D eigenvalue weighted by Crippen LogP contribution is -2.42. The van der Waals surface area contributed by atoms with Crippen molar-refractivity contribution in [1.29, 1.82) is 0 Å². The molecule has 1 aromatic rings. The first-order valence-corrected chi connectivity index (χ1v) is 5.43. The van der Waals surface area contributed by atoms with Crippen molar-refractivity contribution in [2.45, 2.75) is 39.8 Å². The summed E-state index contributed by atoms with van der Waals surface area (Å²) in [5.41, 5.74) is 10.4. The van der Waals surface area contributed by atoms with Crippen molar-refractivity contribution in [3.05, 3.63) is 20.8 Å². The van der Waals surface area contributed by atoms with Crippen LogP contribution in [0.5, 0.6) is 0 Å². The molecule has 0 amide bonds. The minimum atomic E-state index is -0.489. The predicted molar refractivity (Wildman–Crippen MR) is 71.6 cm³/mol. The van der Waals surface area contributed by atoms with Gasteiger partial charge in [0.05, 0.1) is 0 Å².